The Bertz CT molecular complexity index is 331. The van der Waals surface area contributed by atoms with Gasteiger partial charge in [-0.1, -0.05) is 0 Å². The van der Waals surface area contributed by atoms with Crippen molar-refractivity contribution in [3.8, 4) is 0 Å². The van der Waals surface area contributed by atoms with Crippen LogP contribution in [0.3, 0.4) is 0 Å². The molecule has 0 spiro atoms. The summed E-state index contributed by atoms with van der Waals surface area (Å²) in [5, 5.41) is 0. The molecule has 0 radical (unpaired) electrons. The molecule has 0 aliphatic heterocycles. The minimum Gasteiger partial charge on any atom is -0.398 e. The summed E-state index contributed by atoms with van der Waals surface area (Å²) in [6, 6.07) is 3.86. The van der Waals surface area contributed by atoms with Gasteiger partial charge in [0.2, 0.25) is 0 Å². The predicted molar refractivity (Wildman–Crippen MR) is 48.3 cm³/mol. The number of nitrogen functional groups attached to an aromatic ring is 1. The molecule has 1 aliphatic carbocycles. The maximum Gasteiger partial charge on any atom is 0.152 e. The van der Waals surface area contributed by atoms with Gasteiger partial charge < -0.3 is 5.73 Å². The average molecular weight is 161 g/mol. The van der Waals surface area contributed by atoms with Crippen LogP contribution < -0.4 is 5.73 Å². The number of fused-ring (bicyclic) bond motifs is 1. The van der Waals surface area contributed by atoms with Gasteiger partial charge in [-0.2, -0.15) is 0 Å². The Kier molecular flexibility index (Phi) is 1.61. The Morgan fingerprint density at radius 3 is 2.58 bits per heavy atom. The first kappa shape index (κ1) is 7.35. The topological polar surface area (TPSA) is 43.1 Å². The first-order valence-corrected chi connectivity index (χ1v) is 4.17. The molecule has 0 heterocycles. The predicted octanol–water partition coefficient (Wildman–Crippen LogP) is 1.57. The molecule has 0 amide bonds. The molecular formula is C10H11NO. The maximum atomic E-state index is 10.5. The Hall–Kier alpha value is -1.31. The summed E-state index contributed by atoms with van der Waals surface area (Å²) < 4.78 is 0. The summed E-state index contributed by atoms with van der Waals surface area (Å²) in [5.74, 6) is 0. The van der Waals surface area contributed by atoms with Gasteiger partial charge in [0.05, 0.1) is 0 Å². The molecule has 0 fully saturated rings. The van der Waals surface area contributed by atoms with Crippen LogP contribution >= 0.6 is 0 Å². The second kappa shape index (κ2) is 2.63. The third kappa shape index (κ3) is 0.998. The highest BCUT2D eigenvalue weighted by Gasteiger charge is 2.12. The van der Waals surface area contributed by atoms with E-state index in [9.17, 15) is 4.79 Å². The lowest BCUT2D eigenvalue weighted by molar-refractivity contribution is 0.112. The minimum absolute atomic E-state index is 0.616. The van der Waals surface area contributed by atoms with Crippen LogP contribution in [-0.4, -0.2) is 6.29 Å². The van der Waals surface area contributed by atoms with Crippen LogP contribution in [0.25, 0.3) is 0 Å². The molecular weight excluding hydrogens is 150 g/mol. The molecule has 12 heavy (non-hydrogen) atoms. The quantitative estimate of drug-likeness (QED) is 0.502. The Morgan fingerprint density at radius 2 is 1.92 bits per heavy atom. The third-order valence-electron chi connectivity index (χ3n) is 2.42. The van der Waals surface area contributed by atoms with E-state index >= 15 is 0 Å². The lowest BCUT2D eigenvalue weighted by Crippen LogP contribution is -1.95. The van der Waals surface area contributed by atoms with Gasteiger partial charge in [0.1, 0.15) is 0 Å². The van der Waals surface area contributed by atoms with Crippen molar-refractivity contribution in [3.05, 3.63) is 28.8 Å². The molecule has 1 aliphatic rings. The first-order valence-electron chi connectivity index (χ1n) is 4.17. The monoisotopic (exact) mass is 161 g/mol. The second-order valence-corrected chi connectivity index (χ2v) is 3.22. The molecule has 1 aromatic rings. The summed E-state index contributed by atoms with van der Waals surface area (Å²) in [7, 11) is 0. The first-order chi connectivity index (χ1) is 5.81. The van der Waals surface area contributed by atoms with Crippen LogP contribution in [-0.2, 0) is 12.8 Å². The van der Waals surface area contributed by atoms with Gasteiger partial charge in [-0.05, 0) is 42.5 Å². The van der Waals surface area contributed by atoms with Gasteiger partial charge in [0.15, 0.2) is 6.29 Å². The van der Waals surface area contributed by atoms with E-state index in [1.54, 1.807) is 0 Å². The molecule has 62 valence electrons. The number of hydrogen-bond donors (Lipinski definition) is 1. The van der Waals surface area contributed by atoms with Gasteiger partial charge in [0.25, 0.3) is 0 Å². The molecule has 2 heteroatoms. The number of carbonyl (C=O) groups excluding carboxylic acids is 1. The fourth-order valence-corrected chi connectivity index (χ4v) is 1.76. The number of rotatable bonds is 1. The summed E-state index contributed by atoms with van der Waals surface area (Å²) in [6.45, 7) is 0. The molecule has 1 aromatic carbocycles. The SMILES string of the molecule is Nc1cc2c(cc1C=O)CCC2. The highest BCUT2D eigenvalue weighted by Crippen LogP contribution is 2.25. The highest BCUT2D eigenvalue weighted by atomic mass is 16.1. The molecule has 0 bridgehead atoms. The zero-order valence-corrected chi connectivity index (χ0v) is 6.84. The van der Waals surface area contributed by atoms with Crippen molar-refractivity contribution in [1.29, 1.82) is 0 Å². The Labute approximate surface area is 71.4 Å². The Morgan fingerprint density at radius 1 is 1.25 bits per heavy atom. The summed E-state index contributed by atoms with van der Waals surface area (Å²) in [5.41, 5.74) is 9.54. The van der Waals surface area contributed by atoms with Crippen LogP contribution in [0.2, 0.25) is 0 Å². The van der Waals surface area contributed by atoms with Crippen LogP contribution in [0, 0.1) is 0 Å². The fourth-order valence-electron chi connectivity index (χ4n) is 1.76. The molecule has 2 N–H and O–H groups in total. The van der Waals surface area contributed by atoms with Gasteiger partial charge in [0, 0.05) is 11.3 Å². The molecule has 2 rings (SSSR count). The van der Waals surface area contributed by atoms with Gasteiger partial charge in [-0.25, -0.2) is 0 Å². The van der Waals surface area contributed by atoms with E-state index in [-0.39, 0.29) is 0 Å². The average Bonchev–Trinajstić information content (AvgIpc) is 2.49. The van der Waals surface area contributed by atoms with Crippen molar-refractivity contribution in [2.75, 3.05) is 5.73 Å². The second-order valence-electron chi connectivity index (χ2n) is 3.22. The van der Waals surface area contributed by atoms with Crippen molar-refractivity contribution < 1.29 is 4.79 Å². The van der Waals surface area contributed by atoms with Gasteiger partial charge >= 0.3 is 0 Å². The third-order valence-corrected chi connectivity index (χ3v) is 2.42. The van der Waals surface area contributed by atoms with E-state index in [4.69, 9.17) is 5.73 Å². The normalized spacial score (nSPS) is 14.3. The van der Waals surface area contributed by atoms with Crippen molar-refractivity contribution in [2.24, 2.45) is 0 Å². The molecule has 0 aromatic heterocycles. The lowest BCUT2D eigenvalue weighted by atomic mass is 10.1. The zero-order valence-electron chi connectivity index (χ0n) is 6.84. The molecule has 2 nitrogen and oxygen atoms in total. The number of benzene rings is 1. The van der Waals surface area contributed by atoms with Crippen molar-refractivity contribution >= 4 is 12.0 Å². The maximum absolute atomic E-state index is 10.5. The van der Waals surface area contributed by atoms with E-state index in [1.807, 2.05) is 12.1 Å². The minimum atomic E-state index is 0.616. The number of aryl methyl sites for hydroxylation is 2. The highest BCUT2D eigenvalue weighted by molar-refractivity contribution is 5.84. The molecule has 0 saturated heterocycles. The molecule has 0 atom stereocenters. The van der Waals surface area contributed by atoms with E-state index in [1.165, 1.54) is 17.5 Å². The van der Waals surface area contributed by atoms with Gasteiger partial charge in [-0.15, -0.1) is 0 Å². The van der Waals surface area contributed by atoms with Crippen molar-refractivity contribution in [2.45, 2.75) is 19.3 Å². The van der Waals surface area contributed by atoms with Crippen LogP contribution in [0.1, 0.15) is 27.9 Å². The van der Waals surface area contributed by atoms with E-state index in [0.29, 0.717) is 11.3 Å². The lowest BCUT2D eigenvalue weighted by Gasteiger charge is -2.02. The molecule has 0 unspecified atom stereocenters. The van der Waals surface area contributed by atoms with Crippen molar-refractivity contribution in [3.63, 3.8) is 0 Å². The zero-order chi connectivity index (χ0) is 8.55. The molecule has 0 saturated carbocycles. The summed E-state index contributed by atoms with van der Waals surface area (Å²) >= 11 is 0. The number of hydrogen-bond acceptors (Lipinski definition) is 2. The Balaban J connectivity index is 2.56. The van der Waals surface area contributed by atoms with Crippen LogP contribution in [0.5, 0.6) is 0 Å². The fraction of sp³-hybridized carbons (Fsp3) is 0.300. The summed E-state index contributed by atoms with van der Waals surface area (Å²) in [4.78, 5) is 10.5. The van der Waals surface area contributed by atoms with E-state index in [2.05, 4.69) is 0 Å². The van der Waals surface area contributed by atoms with Crippen LogP contribution in [0.15, 0.2) is 12.1 Å². The van der Waals surface area contributed by atoms with E-state index < -0.39 is 0 Å². The smallest absolute Gasteiger partial charge is 0.152 e. The number of carbonyl (C=O) groups is 1. The standard InChI is InChI=1S/C10H11NO/c11-10-5-8-3-1-2-7(8)4-9(10)6-12/h4-6H,1-3,11H2. The largest absolute Gasteiger partial charge is 0.398 e. The van der Waals surface area contributed by atoms with E-state index in [0.717, 1.165) is 19.1 Å². The van der Waals surface area contributed by atoms with Crippen molar-refractivity contribution in [1.82, 2.24) is 0 Å². The summed E-state index contributed by atoms with van der Waals surface area (Å²) in [6.07, 6.45) is 4.22. The van der Waals surface area contributed by atoms with Gasteiger partial charge in [-0.3, -0.25) is 4.79 Å². The van der Waals surface area contributed by atoms with Crippen LogP contribution in [0.4, 0.5) is 5.69 Å². The number of anilines is 1. The number of nitrogens with two attached hydrogens (primary N) is 1. The number of aldehydes is 1.